The second kappa shape index (κ2) is 5.36. The Morgan fingerprint density at radius 3 is 2.80 bits per heavy atom. The molecule has 0 bridgehead atoms. The third kappa shape index (κ3) is 3.10. The van der Waals surface area contributed by atoms with Crippen LogP contribution >= 0.6 is 11.8 Å². The molecule has 1 heterocycles. The lowest BCUT2D eigenvalue weighted by Crippen LogP contribution is -2.07. The fourth-order valence-electron chi connectivity index (χ4n) is 1.79. The molecular weight excluding hydrogens is 202 g/mol. The quantitative estimate of drug-likeness (QED) is 0.755. The van der Waals surface area contributed by atoms with Gasteiger partial charge in [-0.15, -0.1) is 11.8 Å². The van der Waals surface area contributed by atoms with Crippen LogP contribution in [0.1, 0.15) is 31.2 Å². The van der Waals surface area contributed by atoms with E-state index in [-0.39, 0.29) is 0 Å². The number of nitrogens with zero attached hydrogens (tertiary/aromatic N) is 1. The van der Waals surface area contributed by atoms with Gasteiger partial charge in [-0.1, -0.05) is 37.3 Å². The fraction of sp³-hybridized carbons (Fsp3) is 0.462. The molecule has 0 fully saturated rings. The zero-order chi connectivity index (χ0) is 10.5. The molecule has 1 aromatic carbocycles. The van der Waals surface area contributed by atoms with Crippen molar-refractivity contribution >= 4 is 16.8 Å². The van der Waals surface area contributed by atoms with Crippen LogP contribution in [0.5, 0.6) is 0 Å². The first-order valence-corrected chi connectivity index (χ1v) is 6.56. The van der Waals surface area contributed by atoms with Crippen LogP contribution < -0.4 is 0 Å². The summed E-state index contributed by atoms with van der Waals surface area (Å²) in [5.41, 5.74) is 1.42. The molecule has 0 unspecified atom stereocenters. The van der Waals surface area contributed by atoms with Gasteiger partial charge in [0, 0.05) is 18.7 Å². The summed E-state index contributed by atoms with van der Waals surface area (Å²) in [5, 5.41) is 1.35. The van der Waals surface area contributed by atoms with Gasteiger partial charge < -0.3 is 0 Å². The van der Waals surface area contributed by atoms with E-state index in [2.05, 4.69) is 42.2 Å². The van der Waals surface area contributed by atoms with Crippen molar-refractivity contribution in [2.24, 2.45) is 4.99 Å². The van der Waals surface area contributed by atoms with Crippen molar-refractivity contribution in [3.05, 3.63) is 35.9 Å². The Hall–Kier alpha value is -0.760. The lowest BCUT2D eigenvalue weighted by atomic mass is 9.98. The predicted molar refractivity (Wildman–Crippen MR) is 68.9 cm³/mol. The van der Waals surface area contributed by atoms with Crippen molar-refractivity contribution < 1.29 is 0 Å². The van der Waals surface area contributed by atoms with E-state index in [1.165, 1.54) is 22.8 Å². The largest absolute Gasteiger partial charge is 0.283 e. The number of rotatable bonds is 3. The van der Waals surface area contributed by atoms with E-state index in [0.29, 0.717) is 5.92 Å². The molecule has 1 aromatic rings. The minimum Gasteiger partial charge on any atom is -0.283 e. The highest BCUT2D eigenvalue weighted by molar-refractivity contribution is 8.14. The smallest absolute Gasteiger partial charge is 0.0681 e. The van der Waals surface area contributed by atoms with Crippen LogP contribution in [0.25, 0.3) is 0 Å². The zero-order valence-electron chi connectivity index (χ0n) is 9.15. The molecule has 0 aliphatic carbocycles. The van der Waals surface area contributed by atoms with Gasteiger partial charge in [0.05, 0.1) is 5.04 Å². The Morgan fingerprint density at radius 1 is 1.33 bits per heavy atom. The van der Waals surface area contributed by atoms with E-state index in [1.807, 2.05) is 11.8 Å². The highest BCUT2D eigenvalue weighted by atomic mass is 32.2. The molecule has 1 nitrogen and oxygen atoms in total. The Labute approximate surface area is 96.0 Å². The SMILES string of the molecule is C[C@H](CC1=NCCCS1)c1ccccc1. The molecule has 2 heteroatoms. The first-order valence-electron chi connectivity index (χ1n) is 5.57. The second-order valence-electron chi connectivity index (χ2n) is 3.99. The summed E-state index contributed by atoms with van der Waals surface area (Å²) in [6, 6.07) is 10.7. The van der Waals surface area contributed by atoms with E-state index in [1.54, 1.807) is 0 Å². The molecule has 1 aliphatic heterocycles. The highest BCUT2D eigenvalue weighted by Crippen LogP contribution is 2.24. The normalized spacial score (nSPS) is 18.3. The highest BCUT2D eigenvalue weighted by Gasteiger charge is 2.11. The van der Waals surface area contributed by atoms with Crippen molar-refractivity contribution in [1.82, 2.24) is 0 Å². The summed E-state index contributed by atoms with van der Waals surface area (Å²) >= 11 is 1.94. The van der Waals surface area contributed by atoms with E-state index >= 15 is 0 Å². The number of aliphatic imine (C=N–C) groups is 1. The molecule has 0 saturated carbocycles. The third-order valence-electron chi connectivity index (χ3n) is 2.71. The van der Waals surface area contributed by atoms with Crippen LogP contribution in [0.3, 0.4) is 0 Å². The van der Waals surface area contributed by atoms with Crippen LogP contribution in [0.4, 0.5) is 0 Å². The van der Waals surface area contributed by atoms with Gasteiger partial charge in [0.2, 0.25) is 0 Å². The van der Waals surface area contributed by atoms with Crippen LogP contribution in [0, 0.1) is 0 Å². The standard InChI is InChI=1S/C13H17NS/c1-11(12-6-3-2-4-7-12)10-13-14-8-5-9-15-13/h2-4,6-7,11H,5,8-10H2,1H3/t11-/m1/s1. The molecule has 2 rings (SSSR count). The van der Waals surface area contributed by atoms with Crippen LogP contribution in [-0.2, 0) is 0 Å². The van der Waals surface area contributed by atoms with E-state index in [0.717, 1.165) is 13.0 Å². The monoisotopic (exact) mass is 219 g/mol. The number of thioether (sulfide) groups is 1. The van der Waals surface area contributed by atoms with Gasteiger partial charge in [0.1, 0.15) is 0 Å². The molecule has 0 saturated heterocycles. The minimum atomic E-state index is 0.593. The van der Waals surface area contributed by atoms with Gasteiger partial charge in [0.15, 0.2) is 0 Å². The van der Waals surface area contributed by atoms with Crippen molar-refractivity contribution in [2.75, 3.05) is 12.3 Å². The number of hydrogen-bond donors (Lipinski definition) is 0. The van der Waals surface area contributed by atoms with Gasteiger partial charge >= 0.3 is 0 Å². The fourth-order valence-corrected chi connectivity index (χ4v) is 2.85. The maximum Gasteiger partial charge on any atom is 0.0681 e. The molecular formula is C13H17NS. The van der Waals surface area contributed by atoms with Crippen LogP contribution in [0.15, 0.2) is 35.3 Å². The molecule has 1 atom stereocenters. The van der Waals surface area contributed by atoms with Gasteiger partial charge in [-0.2, -0.15) is 0 Å². The Bertz CT molecular complexity index is 332. The van der Waals surface area contributed by atoms with E-state index < -0.39 is 0 Å². The molecule has 0 radical (unpaired) electrons. The summed E-state index contributed by atoms with van der Waals surface area (Å²) < 4.78 is 0. The Kier molecular flexibility index (Phi) is 3.84. The van der Waals surface area contributed by atoms with Crippen molar-refractivity contribution in [3.8, 4) is 0 Å². The first kappa shape index (κ1) is 10.7. The average molecular weight is 219 g/mol. The van der Waals surface area contributed by atoms with Crippen LogP contribution in [0.2, 0.25) is 0 Å². The Morgan fingerprint density at radius 2 is 2.13 bits per heavy atom. The molecule has 80 valence electrons. The van der Waals surface area contributed by atoms with E-state index in [9.17, 15) is 0 Å². The summed E-state index contributed by atoms with van der Waals surface area (Å²) in [6.45, 7) is 3.32. The summed E-state index contributed by atoms with van der Waals surface area (Å²) in [4.78, 5) is 4.57. The van der Waals surface area contributed by atoms with Gasteiger partial charge in [-0.25, -0.2) is 0 Å². The summed E-state index contributed by atoms with van der Waals surface area (Å²) in [5.74, 6) is 1.84. The lowest BCUT2D eigenvalue weighted by molar-refractivity contribution is 0.801. The molecule has 0 aromatic heterocycles. The zero-order valence-corrected chi connectivity index (χ0v) is 9.96. The summed E-state index contributed by atoms with van der Waals surface area (Å²) in [6.07, 6.45) is 2.35. The predicted octanol–water partition coefficient (Wildman–Crippen LogP) is 3.72. The first-order chi connectivity index (χ1) is 7.36. The van der Waals surface area contributed by atoms with Crippen LogP contribution in [-0.4, -0.2) is 17.3 Å². The topological polar surface area (TPSA) is 12.4 Å². The molecule has 0 amide bonds. The second-order valence-corrected chi connectivity index (χ2v) is 5.16. The minimum absolute atomic E-state index is 0.593. The van der Waals surface area contributed by atoms with Gasteiger partial charge in [-0.3, -0.25) is 4.99 Å². The van der Waals surface area contributed by atoms with Crippen molar-refractivity contribution in [1.29, 1.82) is 0 Å². The summed E-state index contributed by atoms with van der Waals surface area (Å²) in [7, 11) is 0. The van der Waals surface area contributed by atoms with E-state index in [4.69, 9.17) is 0 Å². The lowest BCUT2D eigenvalue weighted by Gasteiger charge is -2.16. The third-order valence-corrected chi connectivity index (χ3v) is 3.83. The molecule has 1 aliphatic rings. The van der Waals surface area contributed by atoms with Gasteiger partial charge in [0.25, 0.3) is 0 Å². The number of hydrogen-bond acceptors (Lipinski definition) is 2. The van der Waals surface area contributed by atoms with Gasteiger partial charge in [-0.05, 0) is 17.9 Å². The molecule has 15 heavy (non-hydrogen) atoms. The maximum absolute atomic E-state index is 4.57. The molecule has 0 spiro atoms. The maximum atomic E-state index is 4.57. The Balaban J connectivity index is 1.97. The van der Waals surface area contributed by atoms with Crippen molar-refractivity contribution in [3.63, 3.8) is 0 Å². The number of benzene rings is 1. The average Bonchev–Trinajstić information content (AvgIpc) is 2.31. The van der Waals surface area contributed by atoms with Crippen molar-refractivity contribution in [2.45, 2.75) is 25.7 Å². The molecule has 0 N–H and O–H groups in total.